The Hall–Kier alpha value is -1.63. The minimum atomic E-state index is 0.384. The Morgan fingerprint density at radius 3 is 2.67 bits per heavy atom. The van der Waals surface area contributed by atoms with Crippen LogP contribution >= 0.6 is 0 Å². The second kappa shape index (κ2) is 7.97. The normalized spacial score (nSPS) is 17.8. The SMILES string of the molecule is CCNc1nc(OCC2CCOC2)nc(N(CC)CC)n1. The van der Waals surface area contributed by atoms with Crippen LogP contribution in [0, 0.1) is 5.92 Å². The first-order chi connectivity index (χ1) is 10.3. The first kappa shape index (κ1) is 15.8. The Morgan fingerprint density at radius 2 is 2.05 bits per heavy atom. The molecule has 2 rings (SSSR count). The van der Waals surface area contributed by atoms with Crippen LogP contribution in [0.1, 0.15) is 27.2 Å². The number of aromatic nitrogens is 3. The van der Waals surface area contributed by atoms with Gasteiger partial charge in [-0.2, -0.15) is 15.0 Å². The van der Waals surface area contributed by atoms with Crippen LogP contribution in [-0.2, 0) is 4.74 Å². The molecule has 1 aromatic heterocycles. The van der Waals surface area contributed by atoms with Crippen LogP contribution in [0.15, 0.2) is 0 Å². The maximum absolute atomic E-state index is 5.75. The molecule has 1 saturated heterocycles. The lowest BCUT2D eigenvalue weighted by molar-refractivity contribution is 0.163. The quantitative estimate of drug-likeness (QED) is 0.780. The van der Waals surface area contributed by atoms with Gasteiger partial charge in [-0.05, 0) is 27.2 Å². The van der Waals surface area contributed by atoms with Gasteiger partial charge in [0.05, 0.1) is 13.2 Å². The fraction of sp³-hybridized carbons (Fsp3) is 0.786. The average molecular weight is 295 g/mol. The lowest BCUT2D eigenvalue weighted by atomic mass is 10.1. The molecule has 1 aliphatic rings. The van der Waals surface area contributed by atoms with Crippen LogP contribution in [-0.4, -0.2) is 54.4 Å². The Balaban J connectivity index is 2.09. The van der Waals surface area contributed by atoms with Crippen LogP contribution in [0.4, 0.5) is 11.9 Å². The minimum Gasteiger partial charge on any atom is -0.463 e. The van der Waals surface area contributed by atoms with Crippen molar-refractivity contribution in [2.24, 2.45) is 5.92 Å². The molecule has 21 heavy (non-hydrogen) atoms. The third kappa shape index (κ3) is 4.42. The topological polar surface area (TPSA) is 72.4 Å². The van der Waals surface area contributed by atoms with Gasteiger partial charge in [0.2, 0.25) is 11.9 Å². The highest BCUT2D eigenvalue weighted by Gasteiger charge is 2.18. The zero-order valence-electron chi connectivity index (χ0n) is 13.1. The summed E-state index contributed by atoms with van der Waals surface area (Å²) in [6.07, 6.45) is 1.04. The van der Waals surface area contributed by atoms with E-state index in [2.05, 4.69) is 39.0 Å². The van der Waals surface area contributed by atoms with E-state index in [1.807, 2.05) is 6.92 Å². The van der Waals surface area contributed by atoms with Gasteiger partial charge in [-0.1, -0.05) is 0 Å². The van der Waals surface area contributed by atoms with Crippen LogP contribution in [0.2, 0.25) is 0 Å². The molecule has 1 aromatic rings. The van der Waals surface area contributed by atoms with E-state index in [9.17, 15) is 0 Å². The van der Waals surface area contributed by atoms with Crippen molar-refractivity contribution in [1.29, 1.82) is 0 Å². The first-order valence-electron chi connectivity index (χ1n) is 7.72. The zero-order chi connectivity index (χ0) is 15.1. The fourth-order valence-corrected chi connectivity index (χ4v) is 2.20. The van der Waals surface area contributed by atoms with Gasteiger partial charge in [0, 0.05) is 32.2 Å². The standard InChI is InChI=1S/C14H25N5O2/c1-4-15-12-16-13(19(5-2)6-3)18-14(17-12)21-10-11-7-8-20-9-11/h11H,4-10H2,1-3H3,(H,15,16,17,18). The van der Waals surface area contributed by atoms with E-state index in [1.165, 1.54) is 0 Å². The Labute approximate surface area is 126 Å². The highest BCUT2D eigenvalue weighted by molar-refractivity contribution is 5.38. The van der Waals surface area contributed by atoms with Gasteiger partial charge in [0.25, 0.3) is 0 Å². The lowest BCUT2D eigenvalue weighted by Crippen LogP contribution is -2.25. The van der Waals surface area contributed by atoms with Gasteiger partial charge in [-0.25, -0.2) is 0 Å². The maximum Gasteiger partial charge on any atom is 0.323 e. The van der Waals surface area contributed by atoms with Gasteiger partial charge < -0.3 is 19.7 Å². The smallest absolute Gasteiger partial charge is 0.323 e. The van der Waals surface area contributed by atoms with Gasteiger partial charge in [0.15, 0.2) is 0 Å². The predicted octanol–water partition coefficient (Wildman–Crippen LogP) is 1.56. The second-order valence-electron chi connectivity index (χ2n) is 4.98. The summed E-state index contributed by atoms with van der Waals surface area (Å²) in [6.45, 7) is 10.8. The summed E-state index contributed by atoms with van der Waals surface area (Å²) < 4.78 is 11.1. The molecule has 0 aliphatic carbocycles. The molecule has 1 fully saturated rings. The summed E-state index contributed by atoms with van der Waals surface area (Å²) in [5, 5.41) is 3.13. The molecular formula is C14H25N5O2. The Bertz CT molecular complexity index is 433. The predicted molar refractivity (Wildman–Crippen MR) is 82.0 cm³/mol. The number of hydrogen-bond donors (Lipinski definition) is 1. The van der Waals surface area contributed by atoms with Crippen LogP contribution in [0.3, 0.4) is 0 Å². The largest absolute Gasteiger partial charge is 0.463 e. The number of ether oxygens (including phenoxy) is 2. The third-order valence-corrected chi connectivity index (χ3v) is 3.46. The van der Waals surface area contributed by atoms with E-state index in [-0.39, 0.29) is 0 Å². The zero-order valence-corrected chi connectivity index (χ0v) is 13.1. The molecule has 118 valence electrons. The van der Waals surface area contributed by atoms with Gasteiger partial charge in [-0.3, -0.25) is 0 Å². The summed E-state index contributed by atoms with van der Waals surface area (Å²) in [5.41, 5.74) is 0. The summed E-state index contributed by atoms with van der Waals surface area (Å²) >= 11 is 0. The molecule has 0 spiro atoms. The molecule has 1 atom stereocenters. The lowest BCUT2D eigenvalue weighted by Gasteiger charge is -2.19. The minimum absolute atomic E-state index is 0.384. The van der Waals surface area contributed by atoms with Crippen molar-refractivity contribution in [2.45, 2.75) is 27.2 Å². The van der Waals surface area contributed by atoms with Gasteiger partial charge in [-0.15, -0.1) is 0 Å². The van der Waals surface area contributed by atoms with Gasteiger partial charge >= 0.3 is 6.01 Å². The summed E-state index contributed by atoms with van der Waals surface area (Å²) in [5.74, 6) is 1.65. The van der Waals surface area contributed by atoms with Crippen LogP contribution in [0.5, 0.6) is 6.01 Å². The van der Waals surface area contributed by atoms with Crippen molar-refractivity contribution in [3.05, 3.63) is 0 Å². The maximum atomic E-state index is 5.75. The van der Waals surface area contributed by atoms with Crippen LogP contribution < -0.4 is 15.0 Å². The number of hydrogen-bond acceptors (Lipinski definition) is 7. The number of anilines is 2. The van der Waals surface area contributed by atoms with E-state index < -0.39 is 0 Å². The first-order valence-corrected chi connectivity index (χ1v) is 7.72. The molecule has 1 N–H and O–H groups in total. The van der Waals surface area contributed by atoms with Crippen molar-refractivity contribution in [1.82, 2.24) is 15.0 Å². The highest BCUT2D eigenvalue weighted by atomic mass is 16.5. The van der Waals surface area contributed by atoms with Crippen molar-refractivity contribution < 1.29 is 9.47 Å². The second-order valence-corrected chi connectivity index (χ2v) is 4.98. The van der Waals surface area contributed by atoms with E-state index in [4.69, 9.17) is 9.47 Å². The number of nitrogens with zero attached hydrogens (tertiary/aromatic N) is 4. The number of nitrogens with one attached hydrogen (secondary N) is 1. The molecule has 0 amide bonds. The molecule has 0 bridgehead atoms. The molecule has 0 saturated carbocycles. The molecule has 7 heteroatoms. The Morgan fingerprint density at radius 1 is 1.24 bits per heavy atom. The summed E-state index contributed by atoms with van der Waals surface area (Å²) in [7, 11) is 0. The number of rotatable bonds is 8. The van der Waals surface area contributed by atoms with Crippen molar-refractivity contribution in [2.75, 3.05) is 49.7 Å². The van der Waals surface area contributed by atoms with Crippen LogP contribution in [0.25, 0.3) is 0 Å². The van der Waals surface area contributed by atoms with Crippen molar-refractivity contribution in [3.8, 4) is 6.01 Å². The molecule has 1 aliphatic heterocycles. The molecule has 7 nitrogen and oxygen atoms in total. The highest BCUT2D eigenvalue weighted by Crippen LogP contribution is 2.17. The third-order valence-electron chi connectivity index (χ3n) is 3.46. The summed E-state index contributed by atoms with van der Waals surface area (Å²) in [6, 6.07) is 0.384. The van der Waals surface area contributed by atoms with E-state index in [0.717, 1.165) is 39.3 Å². The van der Waals surface area contributed by atoms with Gasteiger partial charge in [0.1, 0.15) is 0 Å². The molecule has 2 heterocycles. The Kier molecular flexibility index (Phi) is 5.98. The fourth-order valence-electron chi connectivity index (χ4n) is 2.20. The average Bonchev–Trinajstić information content (AvgIpc) is 3.00. The van der Waals surface area contributed by atoms with E-state index in [1.54, 1.807) is 0 Å². The molecule has 1 unspecified atom stereocenters. The van der Waals surface area contributed by atoms with E-state index >= 15 is 0 Å². The molecule has 0 radical (unpaired) electrons. The summed E-state index contributed by atoms with van der Waals surface area (Å²) in [4.78, 5) is 15.2. The molecule has 0 aromatic carbocycles. The van der Waals surface area contributed by atoms with Crippen molar-refractivity contribution in [3.63, 3.8) is 0 Å². The van der Waals surface area contributed by atoms with E-state index in [0.29, 0.717) is 30.4 Å². The molecular weight excluding hydrogens is 270 g/mol. The monoisotopic (exact) mass is 295 g/mol. The van der Waals surface area contributed by atoms with Crippen molar-refractivity contribution >= 4 is 11.9 Å².